The summed E-state index contributed by atoms with van der Waals surface area (Å²) in [7, 11) is 0. The Bertz CT molecular complexity index is 782. The Morgan fingerprint density at radius 1 is 1.28 bits per heavy atom. The Morgan fingerprint density at radius 3 is 2.76 bits per heavy atom. The maximum atomic E-state index is 12.5. The molecule has 2 N–H and O–H groups in total. The van der Waals surface area contributed by atoms with Crippen LogP contribution in [-0.2, 0) is 4.79 Å². The van der Waals surface area contributed by atoms with Crippen molar-refractivity contribution in [3.63, 3.8) is 0 Å². The van der Waals surface area contributed by atoms with Crippen molar-refractivity contribution in [2.24, 2.45) is 5.92 Å². The largest absolute Gasteiger partial charge is 0.465 e. The summed E-state index contributed by atoms with van der Waals surface area (Å²) in [5.74, 6) is -0.192. The third-order valence-electron chi connectivity index (χ3n) is 4.25. The average Bonchev–Trinajstić information content (AvgIpc) is 2.64. The Hall–Kier alpha value is -2.60. The van der Waals surface area contributed by atoms with E-state index in [1.54, 1.807) is 6.07 Å². The van der Waals surface area contributed by atoms with Crippen LogP contribution in [0.4, 0.5) is 10.6 Å². The third kappa shape index (κ3) is 4.09. The number of aromatic nitrogens is 1. The SMILES string of the molecule is O=C(Nc1cc(-c2ccccc2)c(Cl)cn1)C1CCCN(C(=O)O)C1. The molecule has 0 bridgehead atoms. The first-order valence-corrected chi connectivity index (χ1v) is 8.42. The summed E-state index contributed by atoms with van der Waals surface area (Å²) < 4.78 is 0. The highest BCUT2D eigenvalue weighted by molar-refractivity contribution is 6.33. The second-order valence-electron chi connectivity index (χ2n) is 5.97. The van der Waals surface area contributed by atoms with Gasteiger partial charge in [-0.15, -0.1) is 0 Å². The predicted molar refractivity (Wildman–Crippen MR) is 95.6 cm³/mol. The molecule has 1 unspecified atom stereocenters. The molecule has 0 radical (unpaired) electrons. The van der Waals surface area contributed by atoms with Gasteiger partial charge in [-0.25, -0.2) is 9.78 Å². The van der Waals surface area contributed by atoms with E-state index in [2.05, 4.69) is 10.3 Å². The van der Waals surface area contributed by atoms with Gasteiger partial charge in [-0.05, 0) is 24.5 Å². The summed E-state index contributed by atoms with van der Waals surface area (Å²) in [5.41, 5.74) is 1.71. The molecule has 130 valence electrons. The number of nitrogens with one attached hydrogen (secondary N) is 1. The first-order chi connectivity index (χ1) is 12.0. The zero-order valence-corrected chi connectivity index (χ0v) is 14.2. The smallest absolute Gasteiger partial charge is 0.407 e. The van der Waals surface area contributed by atoms with Gasteiger partial charge in [0.1, 0.15) is 5.82 Å². The molecule has 1 fully saturated rings. The number of amides is 2. The van der Waals surface area contributed by atoms with Gasteiger partial charge < -0.3 is 15.3 Å². The van der Waals surface area contributed by atoms with Crippen LogP contribution in [0.2, 0.25) is 5.02 Å². The topological polar surface area (TPSA) is 82.5 Å². The van der Waals surface area contributed by atoms with Crippen LogP contribution in [0.15, 0.2) is 42.6 Å². The van der Waals surface area contributed by atoms with E-state index >= 15 is 0 Å². The minimum atomic E-state index is -0.992. The van der Waals surface area contributed by atoms with Gasteiger partial charge in [-0.1, -0.05) is 41.9 Å². The first kappa shape index (κ1) is 17.2. The molecular formula is C18H18ClN3O3. The zero-order valence-electron chi connectivity index (χ0n) is 13.5. The number of hydrogen-bond donors (Lipinski definition) is 2. The van der Waals surface area contributed by atoms with Gasteiger partial charge in [0.2, 0.25) is 5.91 Å². The number of carbonyl (C=O) groups is 2. The molecule has 25 heavy (non-hydrogen) atoms. The molecule has 3 rings (SSSR count). The fraction of sp³-hybridized carbons (Fsp3) is 0.278. The maximum Gasteiger partial charge on any atom is 0.407 e. The fourth-order valence-electron chi connectivity index (χ4n) is 2.94. The maximum absolute atomic E-state index is 12.5. The summed E-state index contributed by atoms with van der Waals surface area (Å²) in [4.78, 5) is 29.0. The van der Waals surface area contributed by atoms with Crippen molar-refractivity contribution in [3.8, 4) is 11.1 Å². The van der Waals surface area contributed by atoms with E-state index in [4.69, 9.17) is 16.7 Å². The van der Waals surface area contributed by atoms with Crippen LogP contribution in [0.3, 0.4) is 0 Å². The Labute approximate surface area is 150 Å². The lowest BCUT2D eigenvalue weighted by Gasteiger charge is -2.29. The summed E-state index contributed by atoms with van der Waals surface area (Å²) in [6.45, 7) is 0.677. The lowest BCUT2D eigenvalue weighted by molar-refractivity contribution is -0.121. The number of pyridine rings is 1. The molecular weight excluding hydrogens is 342 g/mol. The summed E-state index contributed by atoms with van der Waals surface area (Å²) >= 11 is 6.22. The minimum absolute atomic E-state index is 0.209. The molecule has 6 nitrogen and oxygen atoms in total. The van der Waals surface area contributed by atoms with Crippen molar-refractivity contribution in [3.05, 3.63) is 47.6 Å². The van der Waals surface area contributed by atoms with Crippen molar-refractivity contribution in [1.82, 2.24) is 9.88 Å². The lowest BCUT2D eigenvalue weighted by atomic mass is 9.97. The zero-order chi connectivity index (χ0) is 17.8. The number of anilines is 1. The molecule has 1 aliphatic heterocycles. The Balaban J connectivity index is 1.75. The highest BCUT2D eigenvalue weighted by Gasteiger charge is 2.28. The van der Waals surface area contributed by atoms with Gasteiger partial charge in [0.05, 0.1) is 10.9 Å². The van der Waals surface area contributed by atoms with Gasteiger partial charge in [-0.3, -0.25) is 4.79 Å². The molecule has 2 aromatic rings. The van der Waals surface area contributed by atoms with E-state index < -0.39 is 6.09 Å². The molecule has 1 aliphatic rings. The predicted octanol–water partition coefficient (Wildman–Crippen LogP) is 3.73. The van der Waals surface area contributed by atoms with Crippen LogP contribution in [-0.4, -0.2) is 40.1 Å². The fourth-order valence-corrected chi connectivity index (χ4v) is 3.15. The summed E-state index contributed by atoms with van der Waals surface area (Å²) in [6, 6.07) is 11.3. The molecule has 1 saturated heterocycles. The standard InChI is InChI=1S/C18H18ClN3O3/c19-15-10-20-16(9-14(15)12-5-2-1-3-6-12)21-17(23)13-7-4-8-22(11-13)18(24)25/h1-3,5-6,9-10,13H,4,7-8,11H2,(H,24,25)(H,20,21,23). The van der Waals surface area contributed by atoms with Gasteiger partial charge >= 0.3 is 6.09 Å². The van der Waals surface area contributed by atoms with Crippen molar-refractivity contribution in [2.45, 2.75) is 12.8 Å². The molecule has 2 amide bonds. The monoisotopic (exact) mass is 359 g/mol. The number of carboxylic acid groups (broad SMARTS) is 1. The van der Waals surface area contributed by atoms with E-state index in [0.29, 0.717) is 30.2 Å². The van der Waals surface area contributed by atoms with Crippen molar-refractivity contribution < 1.29 is 14.7 Å². The van der Waals surface area contributed by atoms with Crippen LogP contribution in [0.25, 0.3) is 11.1 Å². The van der Waals surface area contributed by atoms with E-state index in [1.807, 2.05) is 30.3 Å². The number of piperidine rings is 1. The highest BCUT2D eigenvalue weighted by Crippen LogP contribution is 2.29. The minimum Gasteiger partial charge on any atom is -0.465 e. The summed E-state index contributed by atoms with van der Waals surface area (Å²) in [5, 5.41) is 12.4. The number of nitrogens with zero attached hydrogens (tertiary/aromatic N) is 2. The first-order valence-electron chi connectivity index (χ1n) is 8.04. The van der Waals surface area contributed by atoms with Crippen LogP contribution < -0.4 is 5.32 Å². The molecule has 0 aliphatic carbocycles. The summed E-state index contributed by atoms with van der Waals surface area (Å²) in [6.07, 6.45) is 1.85. The lowest BCUT2D eigenvalue weighted by Crippen LogP contribution is -2.43. The van der Waals surface area contributed by atoms with Gasteiger partial charge in [0, 0.05) is 24.8 Å². The van der Waals surface area contributed by atoms with E-state index in [-0.39, 0.29) is 18.4 Å². The van der Waals surface area contributed by atoms with Crippen LogP contribution >= 0.6 is 11.6 Å². The van der Waals surface area contributed by atoms with Crippen molar-refractivity contribution in [1.29, 1.82) is 0 Å². The quantitative estimate of drug-likeness (QED) is 0.874. The number of halogens is 1. The molecule has 1 aromatic carbocycles. The third-order valence-corrected chi connectivity index (χ3v) is 4.56. The van der Waals surface area contributed by atoms with Crippen molar-refractivity contribution in [2.75, 3.05) is 18.4 Å². The van der Waals surface area contributed by atoms with Crippen molar-refractivity contribution >= 4 is 29.4 Å². The van der Waals surface area contributed by atoms with Crippen LogP contribution in [0, 0.1) is 5.92 Å². The van der Waals surface area contributed by atoms with E-state index in [0.717, 1.165) is 11.1 Å². The molecule has 1 atom stereocenters. The second kappa shape index (κ2) is 7.53. The van der Waals surface area contributed by atoms with E-state index in [9.17, 15) is 9.59 Å². The van der Waals surface area contributed by atoms with Gasteiger partial charge in [0.15, 0.2) is 0 Å². The highest BCUT2D eigenvalue weighted by atomic mass is 35.5. The Kier molecular flexibility index (Phi) is 5.19. The second-order valence-corrected chi connectivity index (χ2v) is 6.38. The van der Waals surface area contributed by atoms with Gasteiger partial charge in [-0.2, -0.15) is 0 Å². The Morgan fingerprint density at radius 2 is 2.04 bits per heavy atom. The molecule has 7 heteroatoms. The number of likely N-dealkylation sites (tertiary alicyclic amines) is 1. The number of benzene rings is 1. The number of carbonyl (C=O) groups excluding carboxylic acids is 1. The molecule has 0 spiro atoms. The van der Waals surface area contributed by atoms with E-state index in [1.165, 1.54) is 11.1 Å². The van der Waals surface area contributed by atoms with Crippen LogP contribution in [0.5, 0.6) is 0 Å². The number of rotatable bonds is 3. The molecule has 2 heterocycles. The molecule has 1 aromatic heterocycles. The van der Waals surface area contributed by atoms with Crippen LogP contribution in [0.1, 0.15) is 12.8 Å². The molecule has 0 saturated carbocycles. The number of hydrogen-bond acceptors (Lipinski definition) is 3. The van der Waals surface area contributed by atoms with Gasteiger partial charge in [0.25, 0.3) is 0 Å². The normalized spacial score (nSPS) is 17.2. The average molecular weight is 360 g/mol.